The number of amides is 1. The first-order valence-corrected chi connectivity index (χ1v) is 10.6. The highest BCUT2D eigenvalue weighted by atomic mass is 32.1. The number of nitrogens with zero attached hydrogens (tertiary/aromatic N) is 2. The molecule has 8 nitrogen and oxygen atoms in total. The monoisotopic (exact) mass is 443 g/mol. The molecule has 0 spiro atoms. The van der Waals surface area contributed by atoms with Gasteiger partial charge in [-0.05, 0) is 48.9 Å². The maximum atomic E-state index is 13.0. The van der Waals surface area contributed by atoms with Gasteiger partial charge in [-0.1, -0.05) is 30.3 Å². The predicted octanol–water partition coefficient (Wildman–Crippen LogP) is 4.14. The Bertz CT molecular complexity index is 1120. The molecule has 1 aliphatic rings. The van der Waals surface area contributed by atoms with E-state index >= 15 is 0 Å². The van der Waals surface area contributed by atoms with Crippen LogP contribution < -0.4 is 16.4 Å². The molecule has 0 aliphatic heterocycles. The van der Waals surface area contributed by atoms with Crippen molar-refractivity contribution < 1.29 is 18.5 Å². The molecule has 1 fully saturated rings. The number of anilines is 3. The molecule has 2 aromatic heterocycles. The minimum Gasteiger partial charge on any atom is -0.382 e. The van der Waals surface area contributed by atoms with Crippen molar-refractivity contribution in [3.8, 4) is 0 Å². The topological polar surface area (TPSA) is 123 Å². The third kappa shape index (κ3) is 4.74. The first kappa shape index (κ1) is 21.0. The Morgan fingerprint density at radius 2 is 2.03 bits per heavy atom. The quantitative estimate of drug-likeness (QED) is 0.489. The number of hydrogen-bond acceptors (Lipinski definition) is 8. The molecule has 10 heteroatoms. The zero-order chi connectivity index (χ0) is 22.2. The van der Waals surface area contributed by atoms with Gasteiger partial charge in [0.25, 0.3) is 5.91 Å². The fourth-order valence-corrected chi connectivity index (χ4v) is 4.47. The number of nitrogens with two attached hydrogens (primary N) is 1. The van der Waals surface area contributed by atoms with Gasteiger partial charge in [0, 0.05) is 17.8 Å². The van der Waals surface area contributed by atoms with Crippen LogP contribution in [0.2, 0.25) is 0 Å². The van der Waals surface area contributed by atoms with E-state index in [-0.39, 0.29) is 45.3 Å². The molecule has 1 aromatic carbocycles. The van der Waals surface area contributed by atoms with Crippen LogP contribution in [-0.4, -0.2) is 27.9 Å². The smallest absolute Gasteiger partial charge is 0.273 e. The van der Waals surface area contributed by atoms with E-state index in [0.717, 1.165) is 30.6 Å². The summed E-state index contributed by atoms with van der Waals surface area (Å²) in [5, 5.41) is 10.0. The molecule has 1 saturated carbocycles. The zero-order valence-corrected chi connectivity index (χ0v) is 17.9. The van der Waals surface area contributed by atoms with E-state index in [1.165, 1.54) is 18.2 Å². The Labute approximate surface area is 182 Å². The van der Waals surface area contributed by atoms with Crippen molar-refractivity contribution in [3.05, 3.63) is 52.5 Å². The Morgan fingerprint density at radius 3 is 2.71 bits per heavy atom. The highest BCUT2D eigenvalue weighted by molar-refractivity contribution is 7.18. The number of carbonyl (C=O) groups is 2. The number of nitrogens with one attached hydrogen (secondary N) is 2. The largest absolute Gasteiger partial charge is 0.382 e. The standard InChI is InChI=1S/C21H22FN5O3S/c1-21(2)8-7-13(10-21)24-19(29)14-9-15(30-27-14)16(28)17-18(23)26-20(31-17)25-12-5-3-11(22)4-6-12/h3-6,9,13H,7-8,10,23H2,1-2H3,(H,24,29)(H,25,26)/t13-/m1/s1. The molecule has 1 amide bonds. The van der Waals surface area contributed by atoms with E-state index in [2.05, 4.69) is 34.6 Å². The molecule has 162 valence electrons. The molecular formula is C21H22FN5O3S. The Morgan fingerprint density at radius 1 is 1.29 bits per heavy atom. The second-order valence-electron chi connectivity index (χ2n) is 8.35. The Hall–Kier alpha value is -3.27. The van der Waals surface area contributed by atoms with Crippen molar-refractivity contribution in [2.24, 2.45) is 5.41 Å². The van der Waals surface area contributed by atoms with Crippen molar-refractivity contribution in [2.75, 3.05) is 11.1 Å². The van der Waals surface area contributed by atoms with Gasteiger partial charge in [-0.25, -0.2) is 9.37 Å². The summed E-state index contributed by atoms with van der Waals surface area (Å²) < 4.78 is 18.1. The number of ketones is 1. The minimum absolute atomic E-state index is 0.0233. The van der Waals surface area contributed by atoms with Gasteiger partial charge in [-0.3, -0.25) is 9.59 Å². The zero-order valence-electron chi connectivity index (χ0n) is 17.1. The van der Waals surface area contributed by atoms with E-state index in [9.17, 15) is 14.0 Å². The summed E-state index contributed by atoms with van der Waals surface area (Å²) in [5.41, 5.74) is 6.74. The Kier molecular flexibility index (Phi) is 5.48. The maximum absolute atomic E-state index is 13.0. The fourth-order valence-electron chi connectivity index (χ4n) is 3.62. The van der Waals surface area contributed by atoms with Crippen LogP contribution in [0.4, 0.5) is 21.0 Å². The van der Waals surface area contributed by atoms with Gasteiger partial charge >= 0.3 is 0 Å². The molecule has 31 heavy (non-hydrogen) atoms. The molecule has 3 aromatic rings. The molecule has 0 unspecified atom stereocenters. The van der Waals surface area contributed by atoms with Gasteiger partial charge in [0.2, 0.25) is 11.5 Å². The van der Waals surface area contributed by atoms with Crippen molar-refractivity contribution in [3.63, 3.8) is 0 Å². The fraction of sp³-hybridized carbons (Fsp3) is 0.333. The lowest BCUT2D eigenvalue weighted by atomic mass is 9.92. The lowest BCUT2D eigenvalue weighted by Crippen LogP contribution is -2.33. The lowest BCUT2D eigenvalue weighted by Gasteiger charge is -2.17. The molecule has 1 aliphatic carbocycles. The highest BCUT2D eigenvalue weighted by Gasteiger charge is 2.32. The number of benzene rings is 1. The number of carbonyl (C=O) groups excluding carboxylic acids is 2. The van der Waals surface area contributed by atoms with Gasteiger partial charge in [0.05, 0.1) is 0 Å². The molecule has 1 atom stereocenters. The predicted molar refractivity (Wildman–Crippen MR) is 115 cm³/mol. The van der Waals surface area contributed by atoms with Crippen molar-refractivity contribution in [1.82, 2.24) is 15.5 Å². The van der Waals surface area contributed by atoms with Crippen LogP contribution >= 0.6 is 11.3 Å². The maximum Gasteiger partial charge on any atom is 0.273 e. The number of hydrogen-bond donors (Lipinski definition) is 3. The highest BCUT2D eigenvalue weighted by Crippen LogP contribution is 2.37. The average Bonchev–Trinajstić information content (AvgIpc) is 3.42. The first-order valence-electron chi connectivity index (χ1n) is 9.81. The normalized spacial score (nSPS) is 17.5. The SMILES string of the molecule is CC1(C)CC[C@@H](NC(=O)c2cc(C(=O)c3sc(Nc4ccc(F)cc4)nc3N)on2)C1. The summed E-state index contributed by atoms with van der Waals surface area (Å²) in [6, 6.07) is 7.08. The molecule has 0 saturated heterocycles. The molecule has 0 bridgehead atoms. The number of nitrogen functional groups attached to an aromatic ring is 1. The second kappa shape index (κ2) is 8.10. The molecule has 4 rings (SSSR count). The number of halogens is 1. The number of rotatable bonds is 6. The van der Waals surface area contributed by atoms with Crippen molar-refractivity contribution >= 4 is 39.7 Å². The van der Waals surface area contributed by atoms with Gasteiger partial charge < -0.3 is 20.9 Å². The summed E-state index contributed by atoms with van der Waals surface area (Å²) in [7, 11) is 0. The lowest BCUT2D eigenvalue weighted by molar-refractivity contribution is 0.0923. The van der Waals surface area contributed by atoms with Gasteiger partial charge in [-0.2, -0.15) is 0 Å². The molecule has 4 N–H and O–H groups in total. The van der Waals surface area contributed by atoms with Gasteiger partial charge in [-0.15, -0.1) is 0 Å². The third-order valence-electron chi connectivity index (χ3n) is 5.23. The minimum atomic E-state index is -0.518. The summed E-state index contributed by atoms with van der Waals surface area (Å²) >= 11 is 1.03. The summed E-state index contributed by atoms with van der Waals surface area (Å²) in [4.78, 5) is 29.5. The molecule has 2 heterocycles. The summed E-state index contributed by atoms with van der Waals surface area (Å²) in [6.45, 7) is 4.34. The van der Waals surface area contributed by atoms with Crippen LogP contribution in [0.5, 0.6) is 0 Å². The average molecular weight is 444 g/mol. The second-order valence-corrected chi connectivity index (χ2v) is 9.35. The van der Waals surface area contributed by atoms with E-state index in [0.29, 0.717) is 10.8 Å². The van der Waals surface area contributed by atoms with Crippen molar-refractivity contribution in [1.29, 1.82) is 0 Å². The summed E-state index contributed by atoms with van der Waals surface area (Å²) in [6.07, 6.45) is 2.84. The van der Waals surface area contributed by atoms with Crippen molar-refractivity contribution in [2.45, 2.75) is 39.2 Å². The third-order valence-corrected chi connectivity index (χ3v) is 6.21. The molecule has 0 radical (unpaired) electrons. The van der Waals surface area contributed by atoms with Crippen LogP contribution in [0.1, 0.15) is 59.0 Å². The van der Waals surface area contributed by atoms with Crippen LogP contribution in [0, 0.1) is 11.2 Å². The van der Waals surface area contributed by atoms with Crippen LogP contribution in [0.3, 0.4) is 0 Å². The van der Waals surface area contributed by atoms with E-state index in [1.807, 2.05) is 0 Å². The van der Waals surface area contributed by atoms with E-state index < -0.39 is 5.78 Å². The van der Waals surface area contributed by atoms with Crippen LogP contribution in [-0.2, 0) is 0 Å². The first-order chi connectivity index (χ1) is 14.7. The van der Waals surface area contributed by atoms with Crippen LogP contribution in [0.25, 0.3) is 0 Å². The van der Waals surface area contributed by atoms with Gasteiger partial charge in [0.15, 0.2) is 10.8 Å². The van der Waals surface area contributed by atoms with E-state index in [4.69, 9.17) is 10.3 Å². The number of thiazole rings is 1. The number of aromatic nitrogens is 2. The summed E-state index contributed by atoms with van der Waals surface area (Å²) in [5.74, 6) is -1.32. The Balaban J connectivity index is 1.44. The van der Waals surface area contributed by atoms with Gasteiger partial charge in [0.1, 0.15) is 16.5 Å². The molecular weight excluding hydrogens is 421 g/mol. The van der Waals surface area contributed by atoms with E-state index in [1.54, 1.807) is 12.1 Å². The van der Waals surface area contributed by atoms with Crippen LogP contribution in [0.15, 0.2) is 34.9 Å².